The zero-order valence-corrected chi connectivity index (χ0v) is 15.5. The number of sulfonamides is 1. The maximum atomic E-state index is 13.1. The molecule has 1 aromatic rings. The number of rotatable bonds is 6. The Morgan fingerprint density at radius 3 is 2.56 bits per heavy atom. The van der Waals surface area contributed by atoms with Crippen molar-refractivity contribution >= 4 is 21.9 Å². The van der Waals surface area contributed by atoms with Crippen LogP contribution >= 0.6 is 0 Å². The average Bonchev–Trinajstić information content (AvgIpc) is 2.97. The molecule has 0 bridgehead atoms. The monoisotopic (exact) mass is 368 g/mol. The van der Waals surface area contributed by atoms with E-state index in [9.17, 15) is 18.0 Å². The van der Waals surface area contributed by atoms with E-state index in [4.69, 9.17) is 0 Å². The van der Waals surface area contributed by atoms with E-state index in [1.54, 1.807) is 12.1 Å². The van der Waals surface area contributed by atoms with E-state index in [0.29, 0.717) is 6.54 Å². The molecule has 2 atom stereocenters. The number of nitrogens with one attached hydrogen (secondary N) is 1. The first kappa shape index (κ1) is 19.4. The lowest BCUT2D eigenvalue weighted by Gasteiger charge is -2.18. The van der Waals surface area contributed by atoms with E-state index in [2.05, 4.69) is 10.1 Å². The maximum Gasteiger partial charge on any atom is 0.339 e. The standard InChI is InChI=1S/C17H24N2O5S/c1-4-7-13-10-19(11-15(13)18-12(2)20)25(22,23)16-9-6-5-8-14(16)17(21)24-3/h5-6,8-9,13,15H,4,7,10-11H2,1-3H3,(H,18,20)/t13-,15-/m1/s1. The molecule has 1 saturated heterocycles. The van der Waals surface area contributed by atoms with Crippen molar-refractivity contribution in [1.29, 1.82) is 0 Å². The summed E-state index contributed by atoms with van der Waals surface area (Å²) in [5, 5.41) is 2.84. The van der Waals surface area contributed by atoms with Crippen molar-refractivity contribution in [2.24, 2.45) is 5.92 Å². The molecule has 0 aromatic heterocycles. The molecule has 1 N–H and O–H groups in total. The van der Waals surface area contributed by atoms with E-state index < -0.39 is 16.0 Å². The van der Waals surface area contributed by atoms with Crippen molar-refractivity contribution < 1.29 is 22.7 Å². The van der Waals surface area contributed by atoms with E-state index in [0.717, 1.165) is 12.8 Å². The van der Waals surface area contributed by atoms with Crippen LogP contribution in [-0.2, 0) is 19.6 Å². The van der Waals surface area contributed by atoms with Crippen molar-refractivity contribution in [2.75, 3.05) is 20.2 Å². The summed E-state index contributed by atoms with van der Waals surface area (Å²) >= 11 is 0. The summed E-state index contributed by atoms with van der Waals surface area (Å²) in [6.45, 7) is 3.96. The first-order valence-electron chi connectivity index (χ1n) is 8.25. The van der Waals surface area contributed by atoms with E-state index in [1.807, 2.05) is 6.92 Å². The molecule has 2 rings (SSSR count). The Labute approximate surface area is 148 Å². The summed E-state index contributed by atoms with van der Waals surface area (Å²) < 4.78 is 32.2. The van der Waals surface area contributed by atoms with Crippen LogP contribution in [0.15, 0.2) is 29.2 Å². The van der Waals surface area contributed by atoms with E-state index in [-0.39, 0.29) is 34.9 Å². The first-order chi connectivity index (χ1) is 11.8. The molecule has 7 nitrogen and oxygen atoms in total. The van der Waals surface area contributed by atoms with Crippen molar-refractivity contribution in [3.63, 3.8) is 0 Å². The Balaban J connectivity index is 2.34. The molecule has 1 aromatic carbocycles. The largest absolute Gasteiger partial charge is 0.465 e. The number of hydrogen-bond donors (Lipinski definition) is 1. The number of benzene rings is 1. The van der Waals surface area contributed by atoms with Gasteiger partial charge in [0.2, 0.25) is 15.9 Å². The summed E-state index contributed by atoms with van der Waals surface area (Å²) in [4.78, 5) is 23.3. The van der Waals surface area contributed by atoms with Gasteiger partial charge in [0.05, 0.1) is 17.6 Å². The SMILES string of the molecule is CCC[C@@H]1CN(S(=O)(=O)c2ccccc2C(=O)OC)C[C@H]1NC(C)=O. The second-order valence-electron chi connectivity index (χ2n) is 6.17. The van der Waals surface area contributed by atoms with Gasteiger partial charge in [-0.3, -0.25) is 4.79 Å². The highest BCUT2D eigenvalue weighted by Crippen LogP contribution is 2.29. The molecule has 0 spiro atoms. The second-order valence-corrected chi connectivity index (χ2v) is 8.07. The van der Waals surface area contributed by atoms with Gasteiger partial charge in [-0.1, -0.05) is 25.5 Å². The molecule has 1 aliphatic rings. The van der Waals surface area contributed by atoms with Crippen molar-refractivity contribution in [1.82, 2.24) is 9.62 Å². The molecule has 1 amide bonds. The smallest absolute Gasteiger partial charge is 0.339 e. The van der Waals surface area contributed by atoms with Crippen LogP contribution in [0.5, 0.6) is 0 Å². The Kier molecular flexibility index (Phi) is 6.18. The van der Waals surface area contributed by atoms with Crippen LogP contribution in [0.25, 0.3) is 0 Å². The number of nitrogens with zero attached hydrogens (tertiary/aromatic N) is 1. The van der Waals surface area contributed by atoms with Gasteiger partial charge >= 0.3 is 5.97 Å². The molecule has 0 unspecified atom stereocenters. The van der Waals surface area contributed by atoms with Crippen LogP contribution in [0.4, 0.5) is 0 Å². The van der Waals surface area contributed by atoms with Crippen molar-refractivity contribution in [2.45, 2.75) is 37.6 Å². The lowest BCUT2D eigenvalue weighted by Crippen LogP contribution is -2.40. The summed E-state index contributed by atoms with van der Waals surface area (Å²) in [6.07, 6.45) is 1.71. The number of esters is 1. The Morgan fingerprint density at radius 1 is 1.28 bits per heavy atom. The van der Waals surface area contributed by atoms with E-state index in [1.165, 1.54) is 30.5 Å². The zero-order valence-electron chi connectivity index (χ0n) is 14.7. The highest BCUT2D eigenvalue weighted by atomic mass is 32.2. The fourth-order valence-corrected chi connectivity index (χ4v) is 4.93. The van der Waals surface area contributed by atoms with Crippen LogP contribution in [0.3, 0.4) is 0 Å². The topological polar surface area (TPSA) is 92.8 Å². The van der Waals surface area contributed by atoms with Gasteiger partial charge in [0.15, 0.2) is 0 Å². The van der Waals surface area contributed by atoms with Gasteiger partial charge in [-0.05, 0) is 24.5 Å². The molecule has 0 aliphatic carbocycles. The predicted octanol–water partition coefficient (Wildman–Crippen LogP) is 1.40. The second kappa shape index (κ2) is 7.97. The molecule has 8 heteroatoms. The third-order valence-corrected chi connectivity index (χ3v) is 6.26. The molecule has 0 saturated carbocycles. The van der Waals surface area contributed by atoms with Gasteiger partial charge in [-0.15, -0.1) is 0 Å². The molecule has 138 valence electrons. The fourth-order valence-electron chi connectivity index (χ4n) is 3.23. The third-order valence-electron chi connectivity index (χ3n) is 4.37. The minimum absolute atomic E-state index is 0.0139. The van der Waals surface area contributed by atoms with Crippen LogP contribution in [0.1, 0.15) is 37.0 Å². The summed E-state index contributed by atoms with van der Waals surface area (Å²) in [7, 11) is -2.65. The van der Waals surface area contributed by atoms with Gasteiger partial charge < -0.3 is 10.1 Å². The lowest BCUT2D eigenvalue weighted by molar-refractivity contribution is -0.119. The van der Waals surface area contributed by atoms with Crippen LogP contribution in [-0.4, -0.2) is 50.8 Å². The predicted molar refractivity (Wildman–Crippen MR) is 92.5 cm³/mol. The normalized spacial score (nSPS) is 21.1. The van der Waals surface area contributed by atoms with Crippen LogP contribution in [0, 0.1) is 5.92 Å². The number of ether oxygens (including phenoxy) is 1. The number of hydrogen-bond acceptors (Lipinski definition) is 5. The van der Waals surface area contributed by atoms with Gasteiger partial charge in [-0.2, -0.15) is 4.31 Å². The molecule has 25 heavy (non-hydrogen) atoms. The quantitative estimate of drug-likeness (QED) is 0.766. The molecular formula is C17H24N2O5S. The zero-order chi connectivity index (χ0) is 18.6. The number of methoxy groups -OCH3 is 1. The number of carbonyl (C=O) groups excluding carboxylic acids is 2. The molecular weight excluding hydrogens is 344 g/mol. The minimum atomic E-state index is -3.86. The van der Waals surface area contributed by atoms with Gasteiger partial charge in [0, 0.05) is 26.1 Å². The molecule has 0 radical (unpaired) electrons. The third kappa shape index (κ3) is 4.19. The number of carbonyl (C=O) groups is 2. The Hall–Kier alpha value is -1.93. The van der Waals surface area contributed by atoms with Gasteiger partial charge in [0.25, 0.3) is 0 Å². The van der Waals surface area contributed by atoms with Crippen LogP contribution in [0.2, 0.25) is 0 Å². The summed E-state index contributed by atoms with van der Waals surface area (Å²) in [6, 6.07) is 5.78. The van der Waals surface area contributed by atoms with E-state index >= 15 is 0 Å². The van der Waals surface area contributed by atoms with Crippen molar-refractivity contribution in [3.05, 3.63) is 29.8 Å². The number of amides is 1. The average molecular weight is 368 g/mol. The van der Waals surface area contributed by atoms with Crippen LogP contribution < -0.4 is 5.32 Å². The lowest BCUT2D eigenvalue weighted by atomic mass is 9.98. The molecule has 1 aliphatic heterocycles. The van der Waals surface area contributed by atoms with Gasteiger partial charge in [-0.25, -0.2) is 13.2 Å². The highest BCUT2D eigenvalue weighted by Gasteiger charge is 2.40. The minimum Gasteiger partial charge on any atom is -0.465 e. The fraction of sp³-hybridized carbons (Fsp3) is 0.529. The first-order valence-corrected chi connectivity index (χ1v) is 9.69. The van der Waals surface area contributed by atoms with Crippen molar-refractivity contribution in [3.8, 4) is 0 Å². The summed E-state index contributed by atoms with van der Waals surface area (Å²) in [5.74, 6) is -0.823. The highest BCUT2D eigenvalue weighted by molar-refractivity contribution is 7.89. The maximum absolute atomic E-state index is 13.1. The van der Waals surface area contributed by atoms with Gasteiger partial charge in [0.1, 0.15) is 0 Å². The Morgan fingerprint density at radius 2 is 1.96 bits per heavy atom. The molecule has 1 heterocycles. The molecule has 1 fully saturated rings. The Bertz CT molecular complexity index is 747. The summed E-state index contributed by atoms with van der Waals surface area (Å²) in [5.41, 5.74) is 0.0139.